The van der Waals surface area contributed by atoms with Gasteiger partial charge >= 0.3 is 0 Å². The van der Waals surface area contributed by atoms with Gasteiger partial charge in [-0.1, -0.05) is 29.8 Å². The number of benzene rings is 2. The molecule has 21 heavy (non-hydrogen) atoms. The summed E-state index contributed by atoms with van der Waals surface area (Å²) in [6.45, 7) is 3.99. The van der Waals surface area contributed by atoms with Gasteiger partial charge in [0.25, 0.3) is 0 Å². The largest absolute Gasteiger partial charge is 0.316 e. The molecule has 0 spiro atoms. The zero-order chi connectivity index (χ0) is 14.8. The lowest BCUT2D eigenvalue weighted by Crippen LogP contribution is -2.34. The summed E-state index contributed by atoms with van der Waals surface area (Å²) in [5.41, 5.74) is 3.62. The standard InChI is InChI=1S/C18H19ClFN/c1-12-9-14(19)5-6-16(12)17-7-8-21-11-18(17)13-3-2-4-15(20)10-13/h2-6,9-10,17-18,21H,7-8,11H2,1H3. The van der Waals surface area contributed by atoms with E-state index in [2.05, 4.69) is 18.3 Å². The molecule has 1 aliphatic rings. The topological polar surface area (TPSA) is 12.0 Å². The summed E-state index contributed by atoms with van der Waals surface area (Å²) < 4.78 is 13.5. The van der Waals surface area contributed by atoms with E-state index in [0.29, 0.717) is 11.8 Å². The Labute approximate surface area is 130 Å². The third-order valence-corrected chi connectivity index (χ3v) is 4.63. The van der Waals surface area contributed by atoms with Gasteiger partial charge in [-0.3, -0.25) is 0 Å². The Morgan fingerprint density at radius 3 is 2.76 bits per heavy atom. The predicted molar refractivity (Wildman–Crippen MR) is 85.6 cm³/mol. The molecular weight excluding hydrogens is 285 g/mol. The highest BCUT2D eigenvalue weighted by Gasteiger charge is 2.28. The molecule has 110 valence electrons. The van der Waals surface area contributed by atoms with Gasteiger partial charge in [0.2, 0.25) is 0 Å². The summed E-state index contributed by atoms with van der Waals surface area (Å²) in [6, 6.07) is 13.1. The van der Waals surface area contributed by atoms with E-state index in [-0.39, 0.29) is 5.82 Å². The van der Waals surface area contributed by atoms with Crippen molar-refractivity contribution in [2.75, 3.05) is 13.1 Å². The normalized spacial score (nSPS) is 22.2. The zero-order valence-electron chi connectivity index (χ0n) is 12.1. The molecule has 1 nitrogen and oxygen atoms in total. The second kappa shape index (κ2) is 6.17. The van der Waals surface area contributed by atoms with E-state index < -0.39 is 0 Å². The maximum atomic E-state index is 13.5. The van der Waals surface area contributed by atoms with E-state index in [1.165, 1.54) is 17.2 Å². The Kier molecular flexibility index (Phi) is 4.27. The molecular formula is C18H19ClFN. The molecule has 1 N–H and O–H groups in total. The molecule has 3 heteroatoms. The minimum Gasteiger partial charge on any atom is -0.316 e. The van der Waals surface area contributed by atoms with E-state index in [9.17, 15) is 4.39 Å². The van der Waals surface area contributed by atoms with E-state index in [1.807, 2.05) is 18.2 Å². The highest BCUT2D eigenvalue weighted by molar-refractivity contribution is 6.30. The van der Waals surface area contributed by atoms with E-state index in [4.69, 9.17) is 11.6 Å². The maximum Gasteiger partial charge on any atom is 0.123 e. The third kappa shape index (κ3) is 3.12. The van der Waals surface area contributed by atoms with Gasteiger partial charge in [-0.05, 0) is 66.8 Å². The smallest absolute Gasteiger partial charge is 0.123 e. The summed E-state index contributed by atoms with van der Waals surface area (Å²) in [5.74, 6) is 0.546. The predicted octanol–water partition coefficient (Wildman–Crippen LogP) is 4.65. The molecule has 0 bridgehead atoms. The second-order valence-electron chi connectivity index (χ2n) is 5.76. The van der Waals surface area contributed by atoms with Gasteiger partial charge < -0.3 is 5.32 Å². The number of aryl methyl sites for hydroxylation is 1. The molecule has 3 rings (SSSR count). The van der Waals surface area contributed by atoms with Gasteiger partial charge in [0, 0.05) is 17.5 Å². The Morgan fingerprint density at radius 1 is 1.14 bits per heavy atom. The van der Waals surface area contributed by atoms with Crippen LogP contribution in [0.3, 0.4) is 0 Å². The highest BCUT2D eigenvalue weighted by Crippen LogP contribution is 2.39. The van der Waals surface area contributed by atoms with Crippen molar-refractivity contribution in [2.45, 2.75) is 25.2 Å². The number of rotatable bonds is 2. The molecule has 0 radical (unpaired) electrons. The number of hydrogen-bond donors (Lipinski definition) is 1. The molecule has 0 aromatic heterocycles. The van der Waals surface area contributed by atoms with Gasteiger partial charge in [0.15, 0.2) is 0 Å². The molecule has 1 heterocycles. The van der Waals surface area contributed by atoms with Crippen LogP contribution in [0.25, 0.3) is 0 Å². The Morgan fingerprint density at radius 2 is 2.00 bits per heavy atom. The first-order valence-corrected chi connectivity index (χ1v) is 7.75. The molecule has 2 atom stereocenters. The number of piperidine rings is 1. The SMILES string of the molecule is Cc1cc(Cl)ccc1C1CCNCC1c1cccc(F)c1. The molecule has 2 aromatic rings. The second-order valence-corrected chi connectivity index (χ2v) is 6.20. The maximum absolute atomic E-state index is 13.5. The first kappa shape index (κ1) is 14.6. The molecule has 1 aliphatic heterocycles. The molecule has 1 saturated heterocycles. The fraction of sp³-hybridized carbons (Fsp3) is 0.333. The van der Waals surface area contributed by atoms with Gasteiger partial charge in [-0.25, -0.2) is 4.39 Å². The molecule has 0 amide bonds. The van der Waals surface area contributed by atoms with E-state index in [0.717, 1.165) is 30.1 Å². The quantitative estimate of drug-likeness (QED) is 0.851. The van der Waals surface area contributed by atoms with Gasteiger partial charge in [-0.15, -0.1) is 0 Å². The Balaban J connectivity index is 1.98. The van der Waals surface area contributed by atoms with Gasteiger partial charge in [-0.2, -0.15) is 0 Å². The lowest BCUT2D eigenvalue weighted by molar-refractivity contribution is 0.402. The summed E-state index contributed by atoms with van der Waals surface area (Å²) in [6.07, 6.45) is 1.06. The van der Waals surface area contributed by atoms with Crippen LogP contribution in [-0.2, 0) is 0 Å². The summed E-state index contributed by atoms with van der Waals surface area (Å²) >= 11 is 6.07. The van der Waals surface area contributed by atoms with Crippen molar-refractivity contribution < 1.29 is 4.39 Å². The summed E-state index contributed by atoms with van der Waals surface area (Å²) in [7, 11) is 0. The van der Waals surface area contributed by atoms with Crippen LogP contribution >= 0.6 is 11.6 Å². The molecule has 2 aromatic carbocycles. The van der Waals surface area contributed by atoms with Crippen LogP contribution in [-0.4, -0.2) is 13.1 Å². The van der Waals surface area contributed by atoms with Crippen molar-refractivity contribution in [2.24, 2.45) is 0 Å². The van der Waals surface area contributed by atoms with Crippen LogP contribution in [0.2, 0.25) is 5.02 Å². The van der Waals surface area contributed by atoms with Crippen molar-refractivity contribution in [3.05, 3.63) is 70.0 Å². The molecule has 0 aliphatic carbocycles. The van der Waals surface area contributed by atoms with Crippen molar-refractivity contribution in [1.29, 1.82) is 0 Å². The highest BCUT2D eigenvalue weighted by atomic mass is 35.5. The minimum atomic E-state index is -0.162. The van der Waals surface area contributed by atoms with Crippen molar-refractivity contribution in [3.63, 3.8) is 0 Å². The zero-order valence-corrected chi connectivity index (χ0v) is 12.8. The fourth-order valence-electron chi connectivity index (χ4n) is 3.37. The number of halogens is 2. The van der Waals surface area contributed by atoms with Crippen LogP contribution < -0.4 is 5.32 Å². The lowest BCUT2D eigenvalue weighted by atomic mass is 9.76. The van der Waals surface area contributed by atoms with Gasteiger partial charge in [0.05, 0.1) is 0 Å². The number of nitrogens with one attached hydrogen (secondary N) is 1. The number of hydrogen-bond acceptors (Lipinski definition) is 1. The monoisotopic (exact) mass is 303 g/mol. The molecule has 2 unspecified atom stereocenters. The third-order valence-electron chi connectivity index (χ3n) is 4.39. The molecule has 1 fully saturated rings. The minimum absolute atomic E-state index is 0.162. The van der Waals surface area contributed by atoms with E-state index >= 15 is 0 Å². The van der Waals surface area contributed by atoms with Crippen LogP contribution in [0.5, 0.6) is 0 Å². The fourth-order valence-corrected chi connectivity index (χ4v) is 3.60. The van der Waals surface area contributed by atoms with Crippen LogP contribution in [0, 0.1) is 12.7 Å². The van der Waals surface area contributed by atoms with Crippen LogP contribution in [0.4, 0.5) is 4.39 Å². The van der Waals surface area contributed by atoms with E-state index in [1.54, 1.807) is 12.1 Å². The lowest BCUT2D eigenvalue weighted by Gasteiger charge is -2.34. The van der Waals surface area contributed by atoms with Crippen LogP contribution in [0.15, 0.2) is 42.5 Å². The van der Waals surface area contributed by atoms with Crippen molar-refractivity contribution >= 4 is 11.6 Å². The Hall–Kier alpha value is -1.38. The average molecular weight is 304 g/mol. The van der Waals surface area contributed by atoms with Crippen LogP contribution in [0.1, 0.15) is 34.9 Å². The summed E-state index contributed by atoms with van der Waals surface area (Å²) in [4.78, 5) is 0. The van der Waals surface area contributed by atoms with Gasteiger partial charge in [0.1, 0.15) is 5.82 Å². The summed E-state index contributed by atoms with van der Waals surface area (Å²) in [5, 5.41) is 4.21. The molecule has 0 saturated carbocycles. The van der Waals surface area contributed by atoms with Crippen molar-refractivity contribution in [3.8, 4) is 0 Å². The van der Waals surface area contributed by atoms with Crippen molar-refractivity contribution in [1.82, 2.24) is 5.32 Å². The Bertz CT molecular complexity index is 641. The first-order valence-electron chi connectivity index (χ1n) is 7.37. The first-order chi connectivity index (χ1) is 10.1. The average Bonchev–Trinajstić information content (AvgIpc) is 2.47.